The number of anilines is 1. The van der Waals surface area contributed by atoms with Crippen molar-refractivity contribution in [1.82, 2.24) is 4.98 Å². The van der Waals surface area contributed by atoms with Gasteiger partial charge in [-0.25, -0.2) is 13.2 Å². The van der Waals surface area contributed by atoms with Crippen LogP contribution >= 0.6 is 0 Å². The first-order chi connectivity index (χ1) is 10.5. The number of hydrogen-bond donors (Lipinski definition) is 2. The van der Waals surface area contributed by atoms with E-state index in [0.717, 1.165) is 25.5 Å². The molecule has 1 heterocycles. The number of sulfonamides is 1. The number of nitrogens with one attached hydrogen (secondary N) is 1. The van der Waals surface area contributed by atoms with Gasteiger partial charge >= 0.3 is 5.97 Å². The molecule has 0 aliphatic heterocycles. The number of carbonyl (C=O) groups is 1. The van der Waals surface area contributed by atoms with E-state index in [4.69, 9.17) is 5.11 Å². The summed E-state index contributed by atoms with van der Waals surface area (Å²) in [5.74, 6) is -1.20. The Morgan fingerprint density at radius 1 is 1.18 bits per heavy atom. The molecule has 124 valence electrons. The van der Waals surface area contributed by atoms with Crippen LogP contribution in [0.3, 0.4) is 0 Å². The molecule has 0 spiro atoms. The standard InChI is InChI=1S/C15H24N2O4S/c1-2-3-4-5-6-7-8-11-22(20,21)17-14-9-10-16-12-13(14)15(18)19/h9-10,12H,2-8,11H2,1H3,(H,16,17)(H,18,19). The molecular weight excluding hydrogens is 304 g/mol. The first-order valence-corrected chi connectivity index (χ1v) is 9.29. The lowest BCUT2D eigenvalue weighted by atomic mass is 10.1. The van der Waals surface area contributed by atoms with E-state index < -0.39 is 16.0 Å². The number of rotatable bonds is 11. The molecule has 0 amide bonds. The Balaban J connectivity index is 2.43. The normalized spacial score (nSPS) is 11.3. The number of pyridine rings is 1. The molecule has 0 aromatic carbocycles. The minimum atomic E-state index is -3.53. The van der Waals surface area contributed by atoms with Crippen molar-refractivity contribution in [2.75, 3.05) is 10.5 Å². The van der Waals surface area contributed by atoms with Gasteiger partial charge in [0.1, 0.15) is 5.56 Å². The minimum absolute atomic E-state index is 0.00214. The number of unbranched alkanes of at least 4 members (excludes halogenated alkanes) is 6. The zero-order valence-corrected chi connectivity index (χ0v) is 13.7. The van der Waals surface area contributed by atoms with Crippen molar-refractivity contribution in [2.45, 2.75) is 51.9 Å². The van der Waals surface area contributed by atoms with E-state index in [-0.39, 0.29) is 17.0 Å². The third-order valence-corrected chi connectivity index (χ3v) is 4.69. The van der Waals surface area contributed by atoms with Gasteiger partial charge in [-0.2, -0.15) is 0 Å². The fourth-order valence-corrected chi connectivity index (χ4v) is 3.32. The van der Waals surface area contributed by atoms with E-state index in [2.05, 4.69) is 16.6 Å². The smallest absolute Gasteiger partial charge is 0.339 e. The Hall–Kier alpha value is -1.63. The molecule has 0 unspecified atom stereocenters. The van der Waals surface area contributed by atoms with Crippen LogP contribution in [0.2, 0.25) is 0 Å². The molecule has 0 saturated carbocycles. The SMILES string of the molecule is CCCCCCCCCS(=O)(=O)Nc1ccncc1C(=O)O. The molecule has 0 saturated heterocycles. The monoisotopic (exact) mass is 328 g/mol. The second-order valence-electron chi connectivity index (χ2n) is 5.27. The van der Waals surface area contributed by atoms with E-state index in [1.807, 2.05) is 0 Å². The molecule has 1 aromatic heterocycles. The first kappa shape index (κ1) is 18.4. The van der Waals surface area contributed by atoms with Crippen molar-refractivity contribution in [3.63, 3.8) is 0 Å². The summed E-state index contributed by atoms with van der Waals surface area (Å²) < 4.78 is 26.3. The number of aromatic carboxylic acids is 1. The molecular formula is C15H24N2O4S. The van der Waals surface area contributed by atoms with Crippen LogP contribution in [0.4, 0.5) is 5.69 Å². The second-order valence-corrected chi connectivity index (χ2v) is 7.11. The molecule has 7 heteroatoms. The fourth-order valence-electron chi connectivity index (χ4n) is 2.12. The fraction of sp³-hybridized carbons (Fsp3) is 0.600. The van der Waals surface area contributed by atoms with Gasteiger partial charge in [0.2, 0.25) is 10.0 Å². The van der Waals surface area contributed by atoms with E-state index >= 15 is 0 Å². The van der Waals surface area contributed by atoms with Gasteiger partial charge in [0.15, 0.2) is 0 Å². The van der Waals surface area contributed by atoms with Gasteiger partial charge in [0.25, 0.3) is 0 Å². The summed E-state index contributed by atoms with van der Waals surface area (Å²) in [6, 6.07) is 1.35. The van der Waals surface area contributed by atoms with Crippen molar-refractivity contribution >= 4 is 21.7 Å². The molecule has 22 heavy (non-hydrogen) atoms. The van der Waals surface area contributed by atoms with Gasteiger partial charge in [0, 0.05) is 12.4 Å². The maximum atomic E-state index is 12.0. The number of hydrogen-bond acceptors (Lipinski definition) is 4. The van der Waals surface area contributed by atoms with Crippen molar-refractivity contribution in [1.29, 1.82) is 0 Å². The molecule has 0 bridgehead atoms. The predicted octanol–water partition coefficient (Wildman–Crippen LogP) is 3.27. The molecule has 6 nitrogen and oxygen atoms in total. The quantitative estimate of drug-likeness (QED) is 0.608. The van der Waals surface area contributed by atoms with Crippen LogP contribution in [0.5, 0.6) is 0 Å². The topological polar surface area (TPSA) is 96.4 Å². The predicted molar refractivity (Wildman–Crippen MR) is 86.6 cm³/mol. The highest BCUT2D eigenvalue weighted by molar-refractivity contribution is 7.92. The Morgan fingerprint density at radius 3 is 2.45 bits per heavy atom. The summed E-state index contributed by atoms with van der Waals surface area (Å²) in [7, 11) is -3.53. The Morgan fingerprint density at radius 2 is 1.82 bits per heavy atom. The average Bonchev–Trinajstić information content (AvgIpc) is 2.46. The van der Waals surface area contributed by atoms with Crippen molar-refractivity contribution in [3.8, 4) is 0 Å². The number of carboxylic acids is 1. The highest BCUT2D eigenvalue weighted by Crippen LogP contribution is 2.16. The molecule has 0 atom stereocenters. The molecule has 0 aliphatic carbocycles. The largest absolute Gasteiger partial charge is 0.478 e. The number of nitrogens with zero attached hydrogens (tertiary/aromatic N) is 1. The zero-order valence-electron chi connectivity index (χ0n) is 12.9. The second kappa shape index (κ2) is 9.40. The number of aromatic nitrogens is 1. The van der Waals surface area contributed by atoms with E-state index in [0.29, 0.717) is 6.42 Å². The summed E-state index contributed by atoms with van der Waals surface area (Å²) in [5, 5.41) is 9.00. The lowest BCUT2D eigenvalue weighted by Gasteiger charge is -2.10. The van der Waals surface area contributed by atoms with E-state index in [9.17, 15) is 13.2 Å². The van der Waals surface area contributed by atoms with Crippen LogP contribution in [0.25, 0.3) is 0 Å². The zero-order chi connectivity index (χ0) is 16.4. The lowest BCUT2D eigenvalue weighted by molar-refractivity contribution is 0.0697. The maximum absolute atomic E-state index is 12.0. The van der Waals surface area contributed by atoms with Gasteiger partial charge < -0.3 is 5.11 Å². The van der Waals surface area contributed by atoms with Crippen LogP contribution in [-0.2, 0) is 10.0 Å². The van der Waals surface area contributed by atoms with Crippen LogP contribution in [0.15, 0.2) is 18.5 Å². The van der Waals surface area contributed by atoms with Crippen LogP contribution in [0, 0.1) is 0 Å². The van der Waals surface area contributed by atoms with Gasteiger partial charge in [-0.3, -0.25) is 9.71 Å². The Bertz CT molecular complexity index is 573. The molecule has 0 fully saturated rings. The highest BCUT2D eigenvalue weighted by atomic mass is 32.2. The van der Waals surface area contributed by atoms with Crippen LogP contribution < -0.4 is 4.72 Å². The Labute approximate surface area is 132 Å². The highest BCUT2D eigenvalue weighted by Gasteiger charge is 2.16. The van der Waals surface area contributed by atoms with Crippen molar-refractivity contribution < 1.29 is 18.3 Å². The molecule has 1 rings (SSSR count). The van der Waals surface area contributed by atoms with Gasteiger partial charge in [-0.05, 0) is 12.5 Å². The van der Waals surface area contributed by atoms with Crippen LogP contribution in [0.1, 0.15) is 62.2 Å². The third kappa shape index (κ3) is 6.89. The third-order valence-electron chi connectivity index (χ3n) is 3.33. The van der Waals surface area contributed by atoms with Crippen molar-refractivity contribution in [2.24, 2.45) is 0 Å². The maximum Gasteiger partial charge on any atom is 0.339 e. The molecule has 2 N–H and O–H groups in total. The van der Waals surface area contributed by atoms with Crippen molar-refractivity contribution in [3.05, 3.63) is 24.0 Å². The van der Waals surface area contributed by atoms with E-state index in [1.54, 1.807) is 0 Å². The van der Waals surface area contributed by atoms with Gasteiger partial charge in [0.05, 0.1) is 11.4 Å². The minimum Gasteiger partial charge on any atom is -0.478 e. The van der Waals surface area contributed by atoms with Gasteiger partial charge in [-0.1, -0.05) is 45.4 Å². The number of carboxylic acid groups (broad SMARTS) is 1. The van der Waals surface area contributed by atoms with Gasteiger partial charge in [-0.15, -0.1) is 0 Å². The summed E-state index contributed by atoms with van der Waals surface area (Å²) in [6.07, 6.45) is 9.71. The molecule has 0 aliphatic rings. The molecule has 1 aromatic rings. The van der Waals surface area contributed by atoms with Crippen LogP contribution in [-0.4, -0.2) is 30.2 Å². The van der Waals surface area contributed by atoms with E-state index in [1.165, 1.54) is 31.5 Å². The lowest BCUT2D eigenvalue weighted by Crippen LogP contribution is -2.18. The molecule has 0 radical (unpaired) electrons. The Kier molecular flexibility index (Phi) is 7.87. The summed E-state index contributed by atoms with van der Waals surface area (Å²) in [6.45, 7) is 2.16. The average molecular weight is 328 g/mol. The summed E-state index contributed by atoms with van der Waals surface area (Å²) in [4.78, 5) is 14.7. The summed E-state index contributed by atoms with van der Waals surface area (Å²) in [5.41, 5.74) is -0.0870. The summed E-state index contributed by atoms with van der Waals surface area (Å²) >= 11 is 0. The first-order valence-electron chi connectivity index (χ1n) is 7.64.